The number of esters is 1. The van der Waals surface area contributed by atoms with Gasteiger partial charge in [0.25, 0.3) is 0 Å². The molecule has 1 atom stereocenters. The van der Waals surface area contributed by atoms with E-state index in [1.807, 2.05) is 6.07 Å². The molecule has 1 aliphatic rings. The summed E-state index contributed by atoms with van der Waals surface area (Å²) in [5.41, 5.74) is -0.251. The molecule has 3 rings (SSSR count). The highest BCUT2D eigenvalue weighted by molar-refractivity contribution is 5.91. The van der Waals surface area contributed by atoms with Gasteiger partial charge in [0.05, 0.1) is 12.5 Å². The minimum absolute atomic E-state index is 0.115. The van der Waals surface area contributed by atoms with Gasteiger partial charge in [-0.2, -0.15) is 0 Å². The molecule has 2 aromatic rings. The fourth-order valence-corrected chi connectivity index (χ4v) is 2.98. The second kappa shape index (κ2) is 7.33. The molecule has 2 heterocycles. The van der Waals surface area contributed by atoms with E-state index in [4.69, 9.17) is 9.26 Å². The Hall–Kier alpha value is -2.90. The normalized spacial score (nSPS) is 17.3. The summed E-state index contributed by atoms with van der Waals surface area (Å²) in [6, 6.07) is 8.91. The van der Waals surface area contributed by atoms with Crippen molar-refractivity contribution in [1.82, 2.24) is 10.2 Å². The van der Waals surface area contributed by atoms with E-state index in [2.05, 4.69) is 5.27 Å². The number of likely N-dealkylation sites (tertiary alicyclic amines) is 1. The standard InChI is InChI=1S/C17H19N3O5/c1-2-24-16(22)12-7-6-10-19(11-12)15(21)14-17(23)25-18-20(14)13-8-4-3-5-9-13/h3-5,8-9,12H,2,6-7,10-11H2,1H3/p+1. The van der Waals surface area contributed by atoms with Crippen molar-refractivity contribution in [3.05, 3.63) is 46.4 Å². The first-order chi connectivity index (χ1) is 12.1. The summed E-state index contributed by atoms with van der Waals surface area (Å²) in [6.07, 6.45) is 1.35. The van der Waals surface area contributed by atoms with Crippen LogP contribution in [-0.2, 0) is 9.53 Å². The number of aromatic nitrogens is 2. The van der Waals surface area contributed by atoms with Crippen LogP contribution < -0.4 is 10.3 Å². The molecule has 1 fully saturated rings. The smallest absolute Gasteiger partial charge is 0.441 e. The Balaban J connectivity index is 1.85. The van der Waals surface area contributed by atoms with E-state index < -0.39 is 11.5 Å². The first kappa shape index (κ1) is 16.9. The molecule has 0 bridgehead atoms. The summed E-state index contributed by atoms with van der Waals surface area (Å²) in [4.78, 5) is 38.4. The van der Waals surface area contributed by atoms with Crippen molar-refractivity contribution in [2.75, 3.05) is 19.7 Å². The van der Waals surface area contributed by atoms with E-state index in [0.29, 0.717) is 31.7 Å². The highest BCUT2D eigenvalue weighted by Crippen LogP contribution is 2.19. The molecule has 132 valence electrons. The van der Waals surface area contributed by atoms with Crippen molar-refractivity contribution >= 4 is 11.9 Å². The van der Waals surface area contributed by atoms with Crippen LogP contribution >= 0.6 is 0 Å². The second-order valence-electron chi connectivity index (χ2n) is 5.84. The molecule has 0 radical (unpaired) electrons. The Kier molecular flexibility index (Phi) is 4.97. The lowest BCUT2D eigenvalue weighted by molar-refractivity contribution is -0.672. The lowest BCUT2D eigenvalue weighted by Crippen LogP contribution is -2.49. The van der Waals surface area contributed by atoms with Gasteiger partial charge >= 0.3 is 23.2 Å². The summed E-state index contributed by atoms with van der Waals surface area (Å²) in [6.45, 7) is 2.77. The number of aromatic amines is 1. The Labute approximate surface area is 143 Å². The van der Waals surface area contributed by atoms with Crippen molar-refractivity contribution in [3.8, 4) is 5.69 Å². The van der Waals surface area contributed by atoms with E-state index in [9.17, 15) is 14.4 Å². The number of amides is 1. The number of para-hydroxylation sites is 1. The third-order valence-corrected chi connectivity index (χ3v) is 4.19. The van der Waals surface area contributed by atoms with Crippen molar-refractivity contribution < 1.29 is 23.5 Å². The lowest BCUT2D eigenvalue weighted by Gasteiger charge is -2.30. The number of carbonyl (C=O) groups is 2. The highest BCUT2D eigenvalue weighted by atomic mass is 16.5. The summed E-state index contributed by atoms with van der Waals surface area (Å²) in [5, 5.41) is 2.45. The quantitative estimate of drug-likeness (QED) is 0.648. The topological polar surface area (TPSA) is 96.5 Å². The van der Waals surface area contributed by atoms with Gasteiger partial charge in [0.2, 0.25) is 5.69 Å². The Bertz CT molecular complexity index is 811. The molecule has 1 aromatic carbocycles. The maximum Gasteiger partial charge on any atom is 0.441 e. The zero-order valence-electron chi connectivity index (χ0n) is 13.9. The third kappa shape index (κ3) is 3.47. The van der Waals surface area contributed by atoms with Crippen LogP contribution in [0.25, 0.3) is 5.69 Å². The molecule has 1 saturated heterocycles. The zero-order valence-corrected chi connectivity index (χ0v) is 13.9. The Morgan fingerprint density at radius 2 is 2.12 bits per heavy atom. The fourth-order valence-electron chi connectivity index (χ4n) is 2.98. The van der Waals surface area contributed by atoms with Crippen LogP contribution in [0.2, 0.25) is 0 Å². The van der Waals surface area contributed by atoms with Crippen LogP contribution in [-0.4, -0.2) is 41.7 Å². The zero-order chi connectivity index (χ0) is 17.8. The summed E-state index contributed by atoms with van der Waals surface area (Å²) in [5.74, 6) is -1.14. The first-order valence-corrected chi connectivity index (χ1v) is 8.26. The van der Waals surface area contributed by atoms with Crippen LogP contribution in [0.15, 0.2) is 39.6 Å². The average Bonchev–Trinajstić information content (AvgIpc) is 3.03. The average molecular weight is 346 g/mol. The number of hydrogen-bond donors (Lipinski definition) is 1. The van der Waals surface area contributed by atoms with Gasteiger partial charge in [-0.25, -0.2) is 4.79 Å². The molecular formula is C17H20N3O5+. The number of rotatable bonds is 4. The van der Waals surface area contributed by atoms with Crippen molar-refractivity contribution in [2.24, 2.45) is 5.92 Å². The highest BCUT2D eigenvalue weighted by Gasteiger charge is 2.38. The number of ether oxygens (including phenoxy) is 1. The van der Waals surface area contributed by atoms with E-state index in [0.717, 1.165) is 0 Å². The summed E-state index contributed by atoms with van der Waals surface area (Å²) < 4.78 is 11.2. The van der Waals surface area contributed by atoms with Crippen LogP contribution in [0.5, 0.6) is 0 Å². The fraction of sp³-hybridized carbons (Fsp3) is 0.412. The van der Waals surface area contributed by atoms with Crippen LogP contribution in [0.4, 0.5) is 0 Å². The second-order valence-corrected chi connectivity index (χ2v) is 5.84. The molecule has 1 amide bonds. The van der Waals surface area contributed by atoms with Crippen molar-refractivity contribution in [3.63, 3.8) is 0 Å². The predicted octanol–water partition coefficient (Wildman–Crippen LogP) is 0.660. The van der Waals surface area contributed by atoms with Crippen LogP contribution in [0.1, 0.15) is 30.3 Å². The Morgan fingerprint density at radius 3 is 2.84 bits per heavy atom. The van der Waals surface area contributed by atoms with E-state index in [1.165, 1.54) is 9.58 Å². The maximum atomic E-state index is 12.9. The molecule has 0 aliphatic carbocycles. The van der Waals surface area contributed by atoms with Gasteiger partial charge in [-0.3, -0.25) is 14.1 Å². The summed E-state index contributed by atoms with van der Waals surface area (Å²) >= 11 is 0. The number of benzene rings is 1. The SMILES string of the molecule is CCOC(=O)C1CCCN(C(=O)c2c(=O)o[nH][n+]2-c2ccccc2)C1. The number of nitrogens with one attached hydrogen (secondary N) is 1. The number of hydrogen-bond acceptors (Lipinski definition) is 5. The molecule has 0 saturated carbocycles. The molecular weight excluding hydrogens is 326 g/mol. The molecule has 1 unspecified atom stereocenters. The van der Waals surface area contributed by atoms with Crippen molar-refractivity contribution in [2.45, 2.75) is 19.8 Å². The third-order valence-electron chi connectivity index (χ3n) is 4.19. The maximum absolute atomic E-state index is 12.9. The molecule has 8 nitrogen and oxygen atoms in total. The molecule has 1 aromatic heterocycles. The monoisotopic (exact) mass is 346 g/mol. The molecule has 8 heteroatoms. The van der Waals surface area contributed by atoms with E-state index in [-0.39, 0.29) is 24.1 Å². The number of piperidine rings is 1. The number of carbonyl (C=O) groups excluding carboxylic acids is 2. The molecule has 1 aliphatic heterocycles. The summed E-state index contributed by atoms with van der Waals surface area (Å²) in [7, 11) is 0. The van der Waals surface area contributed by atoms with Gasteiger partial charge in [-0.05, 0) is 29.7 Å². The van der Waals surface area contributed by atoms with Gasteiger partial charge in [0.15, 0.2) is 0 Å². The van der Waals surface area contributed by atoms with Crippen LogP contribution in [0, 0.1) is 5.92 Å². The van der Waals surface area contributed by atoms with Gasteiger partial charge < -0.3 is 9.64 Å². The van der Waals surface area contributed by atoms with Crippen LogP contribution in [0.3, 0.4) is 0 Å². The van der Waals surface area contributed by atoms with Gasteiger partial charge in [0, 0.05) is 25.2 Å². The molecule has 25 heavy (non-hydrogen) atoms. The van der Waals surface area contributed by atoms with Gasteiger partial charge in [-0.15, -0.1) is 0 Å². The Morgan fingerprint density at radius 1 is 1.36 bits per heavy atom. The van der Waals surface area contributed by atoms with Crippen molar-refractivity contribution in [1.29, 1.82) is 0 Å². The minimum Gasteiger partial charge on any atom is -0.466 e. The molecule has 1 N–H and O–H groups in total. The largest absolute Gasteiger partial charge is 0.466 e. The van der Waals surface area contributed by atoms with E-state index >= 15 is 0 Å². The lowest BCUT2D eigenvalue weighted by atomic mass is 9.98. The predicted molar refractivity (Wildman–Crippen MR) is 86.1 cm³/mol. The number of nitrogens with zero attached hydrogens (tertiary/aromatic N) is 2. The first-order valence-electron chi connectivity index (χ1n) is 8.26. The minimum atomic E-state index is -0.743. The molecule has 0 spiro atoms. The van der Waals surface area contributed by atoms with Gasteiger partial charge in [0.1, 0.15) is 0 Å². The van der Waals surface area contributed by atoms with Gasteiger partial charge in [-0.1, -0.05) is 18.2 Å². The number of H-pyrrole nitrogens is 1. The van der Waals surface area contributed by atoms with E-state index in [1.54, 1.807) is 31.2 Å².